The predicted octanol–water partition coefficient (Wildman–Crippen LogP) is 2.31. The van der Waals surface area contributed by atoms with Gasteiger partial charge in [-0.3, -0.25) is 4.79 Å². The molecule has 0 saturated carbocycles. The molecule has 1 heterocycles. The summed E-state index contributed by atoms with van der Waals surface area (Å²) in [7, 11) is 4.70. The Morgan fingerprint density at radius 1 is 1.04 bits per heavy atom. The number of benzene rings is 1. The molecule has 3 rings (SSSR count). The number of Topliss-reactive ketones (excluding diaryl/α,β-unsaturated/α-hetero) is 1. The lowest BCUT2D eigenvalue weighted by molar-refractivity contribution is 0.0962. The molecule has 1 aromatic carbocycles. The van der Waals surface area contributed by atoms with E-state index in [1.165, 1.54) is 0 Å². The quantitative estimate of drug-likeness (QED) is 0.910. The van der Waals surface area contributed by atoms with Crippen molar-refractivity contribution in [2.24, 2.45) is 0 Å². The average molecular weight is 343 g/mol. The average Bonchev–Trinajstić information content (AvgIpc) is 2.59. The van der Waals surface area contributed by atoms with E-state index in [0.29, 0.717) is 47.0 Å². The molecule has 1 atom stereocenters. The van der Waals surface area contributed by atoms with Crippen LogP contribution in [0.2, 0.25) is 0 Å². The Balaban J connectivity index is 2.05. The summed E-state index contributed by atoms with van der Waals surface area (Å²) in [4.78, 5) is 21.0. The number of ketones is 1. The van der Waals surface area contributed by atoms with Gasteiger partial charge in [0.1, 0.15) is 0 Å². The lowest BCUT2D eigenvalue weighted by atomic mass is 9.81. The highest BCUT2D eigenvalue weighted by Gasteiger charge is 2.31. The van der Waals surface area contributed by atoms with Gasteiger partial charge in [0, 0.05) is 6.42 Å². The standard InChI is InChI=1S/C18H21N3O4/c1-9-16-12(21-18(19)20-9)5-10(6-13(16)22)11-7-14(23-2)17(25-4)15(8-11)24-3/h7-8,10H,5-6H2,1-4H3,(H2,19,20,21)/t10-/m0/s1. The number of hydrogen-bond donors (Lipinski definition) is 1. The van der Waals surface area contributed by atoms with Crippen LogP contribution in [0.25, 0.3) is 0 Å². The molecule has 1 aliphatic carbocycles. The molecular weight excluding hydrogens is 322 g/mol. The highest BCUT2D eigenvalue weighted by atomic mass is 16.5. The second kappa shape index (κ2) is 6.58. The van der Waals surface area contributed by atoms with Gasteiger partial charge in [0.2, 0.25) is 11.7 Å². The van der Waals surface area contributed by atoms with Crippen LogP contribution in [-0.2, 0) is 6.42 Å². The van der Waals surface area contributed by atoms with Gasteiger partial charge in [-0.05, 0) is 37.0 Å². The van der Waals surface area contributed by atoms with Crippen molar-refractivity contribution in [1.29, 1.82) is 0 Å². The van der Waals surface area contributed by atoms with Gasteiger partial charge in [0.15, 0.2) is 17.3 Å². The fourth-order valence-electron chi connectivity index (χ4n) is 3.37. The summed E-state index contributed by atoms with van der Waals surface area (Å²) in [5, 5.41) is 0. The van der Waals surface area contributed by atoms with Crippen LogP contribution >= 0.6 is 0 Å². The van der Waals surface area contributed by atoms with Gasteiger partial charge in [-0.1, -0.05) is 0 Å². The molecule has 132 valence electrons. The van der Waals surface area contributed by atoms with Gasteiger partial charge < -0.3 is 19.9 Å². The Labute approximate surface area is 146 Å². The molecule has 0 fully saturated rings. The van der Waals surface area contributed by atoms with Crippen LogP contribution in [0.4, 0.5) is 5.95 Å². The van der Waals surface area contributed by atoms with E-state index >= 15 is 0 Å². The predicted molar refractivity (Wildman–Crippen MR) is 92.7 cm³/mol. The number of rotatable bonds is 4. The first-order valence-corrected chi connectivity index (χ1v) is 7.94. The third kappa shape index (κ3) is 2.97. The molecule has 25 heavy (non-hydrogen) atoms. The maximum absolute atomic E-state index is 12.6. The van der Waals surface area contributed by atoms with E-state index in [9.17, 15) is 4.79 Å². The molecule has 0 spiro atoms. The number of methoxy groups -OCH3 is 3. The summed E-state index contributed by atoms with van der Waals surface area (Å²) in [6, 6.07) is 3.75. The second-order valence-electron chi connectivity index (χ2n) is 5.98. The van der Waals surface area contributed by atoms with E-state index in [0.717, 1.165) is 5.56 Å². The number of carbonyl (C=O) groups is 1. The first-order valence-electron chi connectivity index (χ1n) is 7.94. The zero-order valence-electron chi connectivity index (χ0n) is 14.8. The Morgan fingerprint density at radius 2 is 1.68 bits per heavy atom. The van der Waals surface area contributed by atoms with E-state index in [1.807, 2.05) is 12.1 Å². The largest absolute Gasteiger partial charge is 0.493 e. The van der Waals surface area contributed by atoms with Crippen LogP contribution in [0.5, 0.6) is 17.2 Å². The number of carbonyl (C=O) groups excluding carboxylic acids is 1. The maximum atomic E-state index is 12.6. The van der Waals surface area contributed by atoms with Gasteiger partial charge >= 0.3 is 0 Å². The van der Waals surface area contributed by atoms with E-state index < -0.39 is 0 Å². The summed E-state index contributed by atoms with van der Waals surface area (Å²) in [6.45, 7) is 1.79. The van der Waals surface area contributed by atoms with Crippen molar-refractivity contribution < 1.29 is 19.0 Å². The lowest BCUT2D eigenvalue weighted by Crippen LogP contribution is -2.23. The number of nitrogens with zero attached hydrogens (tertiary/aromatic N) is 2. The van der Waals surface area contributed by atoms with Gasteiger partial charge in [-0.25, -0.2) is 9.97 Å². The third-order valence-corrected chi connectivity index (χ3v) is 4.49. The van der Waals surface area contributed by atoms with Gasteiger partial charge in [-0.2, -0.15) is 0 Å². The lowest BCUT2D eigenvalue weighted by Gasteiger charge is -2.25. The van der Waals surface area contributed by atoms with E-state index in [1.54, 1.807) is 28.3 Å². The normalized spacial score (nSPS) is 16.3. The van der Waals surface area contributed by atoms with Crippen molar-refractivity contribution in [1.82, 2.24) is 9.97 Å². The first kappa shape index (κ1) is 17.0. The number of nitrogen functional groups attached to an aromatic ring is 1. The summed E-state index contributed by atoms with van der Waals surface area (Å²) >= 11 is 0. The van der Waals surface area contributed by atoms with Crippen molar-refractivity contribution in [3.05, 3.63) is 34.6 Å². The molecule has 0 unspecified atom stereocenters. The Kier molecular flexibility index (Phi) is 4.48. The molecule has 0 bridgehead atoms. The maximum Gasteiger partial charge on any atom is 0.220 e. The highest BCUT2D eigenvalue weighted by molar-refractivity contribution is 5.99. The van der Waals surface area contributed by atoms with Crippen molar-refractivity contribution in [3.8, 4) is 17.2 Å². The molecule has 0 amide bonds. The first-order chi connectivity index (χ1) is 12.0. The highest BCUT2D eigenvalue weighted by Crippen LogP contribution is 2.42. The number of aryl methyl sites for hydroxylation is 1. The summed E-state index contributed by atoms with van der Waals surface area (Å²) in [5.41, 5.74) is 8.61. The van der Waals surface area contributed by atoms with E-state index in [2.05, 4.69) is 9.97 Å². The minimum absolute atomic E-state index is 0.0255. The van der Waals surface area contributed by atoms with Crippen LogP contribution < -0.4 is 19.9 Å². The Morgan fingerprint density at radius 3 is 2.24 bits per heavy atom. The molecule has 7 heteroatoms. The fourth-order valence-corrected chi connectivity index (χ4v) is 3.37. The topological polar surface area (TPSA) is 96.6 Å². The number of hydrogen-bond acceptors (Lipinski definition) is 7. The summed E-state index contributed by atoms with van der Waals surface area (Å²) < 4.78 is 16.2. The van der Waals surface area contributed by atoms with Crippen molar-refractivity contribution in [2.45, 2.75) is 25.7 Å². The van der Waals surface area contributed by atoms with Crippen LogP contribution in [-0.4, -0.2) is 37.1 Å². The zero-order valence-corrected chi connectivity index (χ0v) is 14.8. The molecule has 1 aromatic heterocycles. The Bertz CT molecular complexity index is 810. The fraction of sp³-hybridized carbons (Fsp3) is 0.389. The molecule has 2 aromatic rings. The third-order valence-electron chi connectivity index (χ3n) is 4.49. The molecule has 1 aliphatic rings. The van der Waals surface area contributed by atoms with E-state index in [4.69, 9.17) is 19.9 Å². The minimum atomic E-state index is -0.0394. The van der Waals surface area contributed by atoms with Gasteiger partial charge in [0.05, 0.1) is 38.3 Å². The minimum Gasteiger partial charge on any atom is -0.493 e. The van der Waals surface area contributed by atoms with Crippen LogP contribution in [0, 0.1) is 6.92 Å². The SMILES string of the molecule is COc1cc([C@@H]2CC(=O)c3c(C)nc(N)nc3C2)cc(OC)c1OC. The van der Waals surface area contributed by atoms with E-state index in [-0.39, 0.29) is 17.6 Å². The van der Waals surface area contributed by atoms with Crippen LogP contribution in [0.1, 0.15) is 39.6 Å². The molecule has 0 radical (unpaired) electrons. The monoisotopic (exact) mass is 343 g/mol. The zero-order chi connectivity index (χ0) is 18.1. The number of fused-ring (bicyclic) bond motifs is 1. The number of nitrogens with two attached hydrogens (primary N) is 1. The van der Waals surface area contributed by atoms with Gasteiger partial charge in [0.25, 0.3) is 0 Å². The number of ether oxygens (including phenoxy) is 3. The molecule has 0 aliphatic heterocycles. The van der Waals surface area contributed by atoms with Crippen LogP contribution in [0.3, 0.4) is 0 Å². The molecule has 0 saturated heterocycles. The van der Waals surface area contributed by atoms with Gasteiger partial charge in [-0.15, -0.1) is 0 Å². The number of aromatic nitrogens is 2. The molecule has 2 N–H and O–H groups in total. The molecular formula is C18H21N3O4. The number of anilines is 1. The smallest absolute Gasteiger partial charge is 0.220 e. The van der Waals surface area contributed by atoms with Crippen LogP contribution in [0.15, 0.2) is 12.1 Å². The Hall–Kier alpha value is -2.83. The molecule has 7 nitrogen and oxygen atoms in total. The summed E-state index contributed by atoms with van der Waals surface area (Å²) in [5.74, 6) is 1.83. The second-order valence-corrected chi connectivity index (χ2v) is 5.98. The van der Waals surface area contributed by atoms with Crippen molar-refractivity contribution in [3.63, 3.8) is 0 Å². The summed E-state index contributed by atoms with van der Waals surface area (Å²) in [6.07, 6.45) is 0.979. The van der Waals surface area contributed by atoms with Crippen molar-refractivity contribution in [2.75, 3.05) is 27.1 Å². The van der Waals surface area contributed by atoms with Crippen molar-refractivity contribution >= 4 is 11.7 Å².